The summed E-state index contributed by atoms with van der Waals surface area (Å²) in [5.41, 5.74) is 2.13. The van der Waals surface area contributed by atoms with Crippen LogP contribution < -0.4 is 5.32 Å². The van der Waals surface area contributed by atoms with Crippen LogP contribution in [-0.4, -0.2) is 16.0 Å². The van der Waals surface area contributed by atoms with Crippen LogP contribution in [0.4, 0.5) is 0 Å². The topological polar surface area (TPSA) is 68.0 Å². The first-order valence-electron chi connectivity index (χ1n) is 6.70. The molecule has 1 fully saturated rings. The normalized spacial score (nSPS) is 19.6. The molecule has 0 radical (unpaired) electrons. The van der Waals surface area contributed by atoms with E-state index in [0.29, 0.717) is 12.4 Å². The van der Waals surface area contributed by atoms with Gasteiger partial charge in [-0.2, -0.15) is 4.98 Å². The van der Waals surface area contributed by atoms with Gasteiger partial charge in [0, 0.05) is 18.0 Å². The van der Waals surface area contributed by atoms with Gasteiger partial charge in [0.1, 0.15) is 0 Å². The van der Waals surface area contributed by atoms with E-state index in [9.17, 15) is 4.79 Å². The molecule has 104 valence electrons. The second kappa shape index (κ2) is 4.74. The summed E-state index contributed by atoms with van der Waals surface area (Å²) in [6.07, 6.45) is 2.29. The van der Waals surface area contributed by atoms with Crippen LogP contribution in [0.5, 0.6) is 0 Å². The predicted octanol–water partition coefficient (Wildman–Crippen LogP) is 2.40. The Kier molecular flexibility index (Phi) is 3.04. The molecular weight excluding hydrogens is 254 g/mol. The Morgan fingerprint density at radius 1 is 1.40 bits per heavy atom. The van der Waals surface area contributed by atoms with E-state index < -0.39 is 0 Å². The largest absolute Gasteiger partial charge is 0.352 e. The maximum atomic E-state index is 11.9. The summed E-state index contributed by atoms with van der Waals surface area (Å²) in [6.45, 7) is 4.80. The van der Waals surface area contributed by atoms with E-state index in [0.717, 1.165) is 17.5 Å². The minimum Gasteiger partial charge on any atom is -0.352 e. The molecule has 2 aromatic rings. The van der Waals surface area contributed by atoms with Crippen LogP contribution in [-0.2, 0) is 11.3 Å². The van der Waals surface area contributed by atoms with Crippen molar-refractivity contribution in [2.75, 3.05) is 0 Å². The van der Waals surface area contributed by atoms with E-state index in [1.54, 1.807) is 0 Å². The minimum atomic E-state index is 0.150. The van der Waals surface area contributed by atoms with Gasteiger partial charge in [-0.3, -0.25) is 4.79 Å². The Hall–Kier alpha value is -2.17. The first-order valence-corrected chi connectivity index (χ1v) is 6.70. The number of aromatic nitrogens is 2. The molecule has 0 spiro atoms. The Morgan fingerprint density at radius 3 is 2.65 bits per heavy atom. The lowest BCUT2D eigenvalue weighted by Crippen LogP contribution is -2.25. The zero-order valence-electron chi connectivity index (χ0n) is 11.6. The van der Waals surface area contributed by atoms with E-state index in [1.807, 2.05) is 24.3 Å². The summed E-state index contributed by atoms with van der Waals surface area (Å²) in [6, 6.07) is 7.77. The molecule has 5 nitrogen and oxygen atoms in total. The van der Waals surface area contributed by atoms with E-state index in [1.165, 1.54) is 6.39 Å². The smallest absolute Gasteiger partial charge is 0.223 e. The Labute approximate surface area is 117 Å². The zero-order valence-corrected chi connectivity index (χ0v) is 11.6. The molecule has 1 saturated carbocycles. The zero-order chi connectivity index (χ0) is 14.2. The van der Waals surface area contributed by atoms with Gasteiger partial charge < -0.3 is 9.84 Å². The van der Waals surface area contributed by atoms with E-state index in [-0.39, 0.29) is 17.2 Å². The minimum absolute atomic E-state index is 0.150. The van der Waals surface area contributed by atoms with Crippen molar-refractivity contribution in [3.63, 3.8) is 0 Å². The molecule has 20 heavy (non-hydrogen) atoms. The number of nitrogens with zero attached hydrogens (tertiary/aromatic N) is 2. The van der Waals surface area contributed by atoms with E-state index in [2.05, 4.69) is 29.3 Å². The van der Waals surface area contributed by atoms with Gasteiger partial charge >= 0.3 is 0 Å². The maximum absolute atomic E-state index is 11.9. The maximum Gasteiger partial charge on any atom is 0.223 e. The average Bonchev–Trinajstić information content (AvgIpc) is 2.87. The second-order valence-electron chi connectivity index (χ2n) is 5.91. The average molecular weight is 271 g/mol. The van der Waals surface area contributed by atoms with E-state index >= 15 is 0 Å². The van der Waals surface area contributed by atoms with Gasteiger partial charge in [0.05, 0.1) is 0 Å². The standard InChI is InChI=1S/C15H17N3O2/c1-15(2)7-12(15)14(19)16-8-10-3-5-11(6-4-10)13-17-9-20-18-13/h3-6,9,12H,7-8H2,1-2H3,(H,16,19). The van der Waals surface area contributed by atoms with Crippen LogP contribution >= 0.6 is 0 Å². The Balaban J connectivity index is 1.58. The summed E-state index contributed by atoms with van der Waals surface area (Å²) >= 11 is 0. The molecule has 1 aliphatic rings. The fraction of sp³-hybridized carbons (Fsp3) is 0.400. The van der Waals surface area contributed by atoms with Crippen molar-refractivity contribution >= 4 is 5.91 Å². The van der Waals surface area contributed by atoms with Gasteiger partial charge in [0.25, 0.3) is 0 Å². The third-order valence-electron chi connectivity index (χ3n) is 3.87. The van der Waals surface area contributed by atoms with Gasteiger partial charge in [-0.15, -0.1) is 0 Å². The van der Waals surface area contributed by atoms with Crippen LogP contribution in [0.1, 0.15) is 25.8 Å². The molecule has 1 heterocycles. The summed E-state index contributed by atoms with van der Waals surface area (Å²) in [5.74, 6) is 0.888. The quantitative estimate of drug-likeness (QED) is 0.927. The summed E-state index contributed by atoms with van der Waals surface area (Å²) in [4.78, 5) is 15.9. The fourth-order valence-corrected chi connectivity index (χ4v) is 2.30. The summed E-state index contributed by atoms with van der Waals surface area (Å²) in [5, 5.41) is 6.76. The number of hydrogen-bond acceptors (Lipinski definition) is 4. The first-order chi connectivity index (χ1) is 9.56. The summed E-state index contributed by atoms with van der Waals surface area (Å²) in [7, 11) is 0. The van der Waals surface area contributed by atoms with Crippen molar-refractivity contribution in [1.82, 2.24) is 15.5 Å². The Bertz CT molecular complexity index is 603. The number of hydrogen-bond donors (Lipinski definition) is 1. The number of amides is 1. The van der Waals surface area contributed by atoms with Crippen molar-refractivity contribution in [2.24, 2.45) is 11.3 Å². The van der Waals surface area contributed by atoms with Crippen LogP contribution in [0.15, 0.2) is 35.2 Å². The highest BCUT2D eigenvalue weighted by molar-refractivity contribution is 5.82. The molecule has 0 bridgehead atoms. The number of carbonyl (C=O) groups excluding carboxylic acids is 1. The number of rotatable bonds is 4. The van der Waals surface area contributed by atoms with Gasteiger partial charge in [-0.1, -0.05) is 43.3 Å². The van der Waals surface area contributed by atoms with Crippen molar-refractivity contribution in [2.45, 2.75) is 26.8 Å². The molecule has 5 heteroatoms. The lowest BCUT2D eigenvalue weighted by molar-refractivity contribution is -0.123. The van der Waals surface area contributed by atoms with Crippen LogP contribution in [0.25, 0.3) is 11.4 Å². The Morgan fingerprint density at radius 2 is 2.10 bits per heavy atom. The van der Waals surface area contributed by atoms with Gasteiger partial charge in [0.15, 0.2) is 0 Å². The lowest BCUT2D eigenvalue weighted by atomic mass is 10.1. The molecule has 1 N–H and O–H groups in total. The van der Waals surface area contributed by atoms with Crippen LogP contribution in [0.3, 0.4) is 0 Å². The third-order valence-corrected chi connectivity index (χ3v) is 3.87. The third kappa shape index (κ3) is 2.57. The number of benzene rings is 1. The van der Waals surface area contributed by atoms with Gasteiger partial charge in [-0.05, 0) is 17.4 Å². The highest BCUT2D eigenvalue weighted by Gasteiger charge is 2.50. The molecule has 1 aromatic heterocycles. The molecule has 0 saturated heterocycles. The molecule has 1 atom stereocenters. The monoisotopic (exact) mass is 271 g/mol. The predicted molar refractivity (Wildman–Crippen MR) is 73.5 cm³/mol. The van der Waals surface area contributed by atoms with Crippen molar-refractivity contribution in [3.8, 4) is 11.4 Å². The molecule has 1 aromatic carbocycles. The number of nitrogens with one attached hydrogen (secondary N) is 1. The van der Waals surface area contributed by atoms with E-state index in [4.69, 9.17) is 4.52 Å². The summed E-state index contributed by atoms with van der Waals surface area (Å²) < 4.78 is 4.71. The van der Waals surface area contributed by atoms with Gasteiger partial charge in [-0.25, -0.2) is 0 Å². The fourth-order valence-electron chi connectivity index (χ4n) is 2.30. The molecule has 1 amide bonds. The lowest BCUT2D eigenvalue weighted by Gasteiger charge is -2.07. The molecule has 1 unspecified atom stereocenters. The molecular formula is C15H17N3O2. The SMILES string of the molecule is CC1(C)CC1C(=O)NCc1ccc(-c2ncon2)cc1. The van der Waals surface area contributed by atoms with Crippen molar-refractivity contribution < 1.29 is 9.32 Å². The van der Waals surface area contributed by atoms with Gasteiger partial charge in [0.2, 0.25) is 18.1 Å². The van der Waals surface area contributed by atoms with Crippen molar-refractivity contribution in [3.05, 3.63) is 36.2 Å². The molecule has 0 aliphatic heterocycles. The van der Waals surface area contributed by atoms with Crippen LogP contribution in [0, 0.1) is 11.3 Å². The van der Waals surface area contributed by atoms with Crippen LogP contribution in [0.2, 0.25) is 0 Å². The first kappa shape index (κ1) is 12.8. The molecule has 1 aliphatic carbocycles. The number of carbonyl (C=O) groups is 1. The van der Waals surface area contributed by atoms with Crippen molar-refractivity contribution in [1.29, 1.82) is 0 Å². The highest BCUT2D eigenvalue weighted by atomic mass is 16.5. The second-order valence-corrected chi connectivity index (χ2v) is 5.91. The highest BCUT2D eigenvalue weighted by Crippen LogP contribution is 2.51. The molecule has 3 rings (SSSR count).